The quantitative estimate of drug-likeness (QED) is 0.450. The molecule has 0 atom stereocenters. The van der Waals surface area contributed by atoms with Gasteiger partial charge >= 0.3 is 0 Å². The van der Waals surface area contributed by atoms with Crippen LogP contribution in [0.25, 0.3) is 0 Å². The number of halogens is 1. The van der Waals surface area contributed by atoms with Crippen LogP contribution >= 0.6 is 23.4 Å². The fourth-order valence-electron chi connectivity index (χ4n) is 2.29. The molecule has 3 rings (SSSR count). The van der Waals surface area contributed by atoms with Crippen molar-refractivity contribution in [3.8, 4) is 11.5 Å². The number of ether oxygens (including phenoxy) is 2. The highest BCUT2D eigenvalue weighted by Crippen LogP contribution is 2.30. The highest BCUT2D eigenvalue weighted by molar-refractivity contribution is 7.98. The van der Waals surface area contributed by atoms with E-state index in [0.29, 0.717) is 22.4 Å². The lowest BCUT2D eigenvalue weighted by molar-refractivity contribution is 0.354. The van der Waals surface area contributed by atoms with Crippen LogP contribution in [0.1, 0.15) is 11.1 Å². The first-order chi connectivity index (χ1) is 12.7. The average molecular weight is 389 g/mol. The third-order valence-corrected chi connectivity index (χ3v) is 4.92. The molecule has 0 spiro atoms. The zero-order chi connectivity index (χ0) is 18.4. The van der Waals surface area contributed by atoms with Crippen molar-refractivity contribution in [2.75, 3.05) is 14.2 Å². The van der Waals surface area contributed by atoms with Crippen molar-refractivity contribution in [2.24, 2.45) is 5.10 Å². The number of aromatic nitrogens is 3. The number of thioether (sulfide) groups is 1. The molecule has 0 amide bonds. The van der Waals surface area contributed by atoms with Crippen LogP contribution in [0.4, 0.5) is 0 Å². The van der Waals surface area contributed by atoms with Gasteiger partial charge in [0.25, 0.3) is 0 Å². The van der Waals surface area contributed by atoms with Gasteiger partial charge in [0.05, 0.1) is 20.4 Å². The Labute approximate surface area is 160 Å². The first-order valence-electron chi connectivity index (χ1n) is 7.74. The average Bonchev–Trinajstić information content (AvgIpc) is 3.12. The van der Waals surface area contributed by atoms with Crippen molar-refractivity contribution < 1.29 is 9.47 Å². The summed E-state index contributed by atoms with van der Waals surface area (Å²) in [5, 5.41) is 13.9. The maximum atomic E-state index is 6.20. The van der Waals surface area contributed by atoms with E-state index in [0.717, 1.165) is 16.1 Å². The van der Waals surface area contributed by atoms with E-state index in [1.807, 2.05) is 42.5 Å². The van der Waals surface area contributed by atoms with Gasteiger partial charge in [0, 0.05) is 16.3 Å². The summed E-state index contributed by atoms with van der Waals surface area (Å²) in [7, 11) is 3.20. The minimum atomic E-state index is 0.622. The van der Waals surface area contributed by atoms with E-state index < -0.39 is 0 Å². The van der Waals surface area contributed by atoms with Crippen molar-refractivity contribution >= 4 is 29.6 Å². The van der Waals surface area contributed by atoms with Gasteiger partial charge in [0.15, 0.2) is 11.5 Å². The summed E-state index contributed by atoms with van der Waals surface area (Å²) in [6.45, 7) is 0. The van der Waals surface area contributed by atoms with Gasteiger partial charge in [-0.25, -0.2) is 0 Å². The van der Waals surface area contributed by atoms with E-state index >= 15 is 0 Å². The molecule has 0 saturated heterocycles. The van der Waals surface area contributed by atoms with E-state index in [1.165, 1.54) is 11.8 Å². The molecule has 0 bridgehead atoms. The highest BCUT2D eigenvalue weighted by atomic mass is 35.5. The third-order valence-electron chi connectivity index (χ3n) is 3.57. The Bertz CT molecular complexity index is 914. The largest absolute Gasteiger partial charge is 0.493 e. The standard InChI is InChI=1S/C18H17ClN4O2S/c1-24-16-9-5-7-13(17(16)25-2)10-21-23-12-20-22-18(23)26-11-14-6-3-4-8-15(14)19/h3-10,12H,11H2,1-2H3/b21-10+. The van der Waals surface area contributed by atoms with Crippen LogP contribution in [0.3, 0.4) is 0 Å². The highest BCUT2D eigenvalue weighted by Gasteiger charge is 2.09. The van der Waals surface area contributed by atoms with Crippen LogP contribution in [-0.4, -0.2) is 35.3 Å². The molecule has 0 aliphatic rings. The summed E-state index contributed by atoms with van der Waals surface area (Å²) in [5.74, 6) is 1.95. The summed E-state index contributed by atoms with van der Waals surface area (Å²) in [6, 6.07) is 13.3. The maximum absolute atomic E-state index is 6.20. The molecule has 8 heteroatoms. The van der Waals surface area contributed by atoms with Crippen molar-refractivity contribution in [1.29, 1.82) is 0 Å². The molecule has 26 heavy (non-hydrogen) atoms. The molecule has 0 aliphatic heterocycles. The van der Waals surface area contributed by atoms with Crippen LogP contribution < -0.4 is 9.47 Å². The summed E-state index contributed by atoms with van der Waals surface area (Å²) in [5.41, 5.74) is 1.83. The smallest absolute Gasteiger partial charge is 0.212 e. The van der Waals surface area contributed by atoms with Gasteiger partial charge in [-0.3, -0.25) is 0 Å². The minimum absolute atomic E-state index is 0.622. The first-order valence-corrected chi connectivity index (χ1v) is 9.11. The molecule has 1 heterocycles. The number of rotatable bonds is 7. The van der Waals surface area contributed by atoms with Crippen LogP contribution in [-0.2, 0) is 5.75 Å². The molecule has 0 aliphatic carbocycles. The van der Waals surface area contributed by atoms with Crippen LogP contribution in [0, 0.1) is 0 Å². The molecule has 3 aromatic rings. The molecule has 134 valence electrons. The molecule has 0 saturated carbocycles. The predicted molar refractivity (Wildman–Crippen MR) is 104 cm³/mol. The fraction of sp³-hybridized carbons (Fsp3) is 0.167. The Kier molecular flexibility index (Phi) is 6.14. The Morgan fingerprint density at radius 3 is 2.77 bits per heavy atom. The van der Waals surface area contributed by atoms with Crippen LogP contribution in [0.15, 0.2) is 59.0 Å². The van der Waals surface area contributed by atoms with Crippen LogP contribution in [0.2, 0.25) is 5.02 Å². The molecular weight excluding hydrogens is 372 g/mol. The second-order valence-electron chi connectivity index (χ2n) is 5.17. The number of methoxy groups -OCH3 is 2. The van der Waals surface area contributed by atoms with Crippen LogP contribution in [0.5, 0.6) is 11.5 Å². The molecule has 0 N–H and O–H groups in total. The minimum Gasteiger partial charge on any atom is -0.493 e. The van der Waals surface area contributed by atoms with E-state index in [-0.39, 0.29) is 0 Å². The normalized spacial score (nSPS) is 11.0. The van der Waals surface area contributed by atoms with Gasteiger partial charge in [-0.15, -0.1) is 10.2 Å². The predicted octanol–water partition coefficient (Wildman–Crippen LogP) is 4.12. The number of nitrogens with zero attached hydrogens (tertiary/aromatic N) is 4. The van der Waals surface area contributed by atoms with E-state index in [9.17, 15) is 0 Å². The summed E-state index contributed by atoms with van der Waals surface area (Å²) < 4.78 is 12.3. The summed E-state index contributed by atoms with van der Waals surface area (Å²) >= 11 is 7.70. The summed E-state index contributed by atoms with van der Waals surface area (Å²) in [4.78, 5) is 0. The SMILES string of the molecule is COc1cccc(/C=N/n2cnnc2SCc2ccccc2Cl)c1OC. The van der Waals surface area contributed by atoms with Gasteiger partial charge in [0.1, 0.15) is 6.33 Å². The van der Waals surface area contributed by atoms with Gasteiger partial charge in [-0.2, -0.15) is 9.78 Å². The lowest BCUT2D eigenvalue weighted by Gasteiger charge is -2.09. The van der Waals surface area contributed by atoms with E-state index in [2.05, 4.69) is 15.3 Å². The molecular formula is C18H17ClN4O2S. The molecule has 0 fully saturated rings. The maximum Gasteiger partial charge on any atom is 0.212 e. The Hall–Kier alpha value is -2.51. The number of hydrogen-bond donors (Lipinski definition) is 0. The zero-order valence-electron chi connectivity index (χ0n) is 14.3. The van der Waals surface area contributed by atoms with Gasteiger partial charge in [0.2, 0.25) is 5.16 Å². The van der Waals surface area contributed by atoms with Crippen molar-refractivity contribution in [3.05, 3.63) is 64.9 Å². The summed E-state index contributed by atoms with van der Waals surface area (Å²) in [6.07, 6.45) is 3.24. The second kappa shape index (κ2) is 8.73. The Balaban J connectivity index is 1.77. The zero-order valence-corrected chi connectivity index (χ0v) is 15.9. The van der Waals surface area contributed by atoms with Gasteiger partial charge < -0.3 is 9.47 Å². The van der Waals surface area contributed by atoms with Crippen molar-refractivity contribution in [2.45, 2.75) is 10.9 Å². The lowest BCUT2D eigenvalue weighted by Crippen LogP contribution is -1.97. The van der Waals surface area contributed by atoms with Crippen molar-refractivity contribution in [1.82, 2.24) is 14.9 Å². The molecule has 2 aromatic carbocycles. The van der Waals surface area contributed by atoms with E-state index in [1.54, 1.807) is 31.4 Å². The number of hydrogen-bond acceptors (Lipinski definition) is 6. The molecule has 0 unspecified atom stereocenters. The number of benzene rings is 2. The lowest BCUT2D eigenvalue weighted by atomic mass is 10.2. The Morgan fingerprint density at radius 1 is 1.15 bits per heavy atom. The number of para-hydroxylation sites is 1. The first kappa shape index (κ1) is 18.3. The molecule has 6 nitrogen and oxygen atoms in total. The van der Waals surface area contributed by atoms with Gasteiger partial charge in [-0.1, -0.05) is 47.6 Å². The van der Waals surface area contributed by atoms with Gasteiger partial charge in [-0.05, 0) is 23.8 Å². The van der Waals surface area contributed by atoms with Crippen molar-refractivity contribution in [3.63, 3.8) is 0 Å². The fourth-order valence-corrected chi connectivity index (χ4v) is 3.44. The topological polar surface area (TPSA) is 61.5 Å². The van der Waals surface area contributed by atoms with E-state index in [4.69, 9.17) is 21.1 Å². The molecule has 1 aromatic heterocycles. The Morgan fingerprint density at radius 2 is 2.00 bits per heavy atom. The monoisotopic (exact) mass is 388 g/mol. The molecule has 0 radical (unpaired) electrons. The third kappa shape index (κ3) is 4.17. The second-order valence-corrected chi connectivity index (χ2v) is 6.52.